The van der Waals surface area contributed by atoms with E-state index in [-0.39, 0.29) is 18.0 Å². The monoisotopic (exact) mass is 530 g/mol. The van der Waals surface area contributed by atoms with Crippen LogP contribution in [0.3, 0.4) is 0 Å². The molecule has 2 amide bonds. The van der Waals surface area contributed by atoms with Gasteiger partial charge in [0.2, 0.25) is 0 Å². The number of nitrogens with one attached hydrogen (secondary N) is 1. The van der Waals surface area contributed by atoms with Crippen molar-refractivity contribution in [2.24, 2.45) is 0 Å². The third-order valence-electron chi connectivity index (χ3n) is 6.65. The first-order valence-corrected chi connectivity index (χ1v) is 13.3. The standard InChI is InChI=1S/C31H38N4O4/c1-21-16-25(24-8-7-9-27(17-24)38-6)18-32-28(21)29(36)33-26-12-10-23(11-13-26)20-34-14-15-35(22(2)19-34)30(37)39-31(3,4)5/h7-13,16-18,22H,14-15,19-20H2,1-6H3,(H,33,36)/t22-/m0/s1. The Morgan fingerprint density at radius 1 is 1.05 bits per heavy atom. The second-order valence-electron chi connectivity index (χ2n) is 11.0. The summed E-state index contributed by atoms with van der Waals surface area (Å²) in [6, 6.07) is 17.6. The van der Waals surface area contributed by atoms with Gasteiger partial charge in [-0.2, -0.15) is 0 Å². The number of methoxy groups -OCH3 is 1. The Balaban J connectivity index is 1.33. The van der Waals surface area contributed by atoms with Gasteiger partial charge in [0.15, 0.2) is 0 Å². The van der Waals surface area contributed by atoms with Crippen LogP contribution in [0.5, 0.6) is 5.75 Å². The summed E-state index contributed by atoms with van der Waals surface area (Å²) in [6.07, 6.45) is 1.46. The van der Waals surface area contributed by atoms with Crippen LogP contribution in [0.4, 0.5) is 10.5 Å². The van der Waals surface area contributed by atoms with Crippen molar-refractivity contribution >= 4 is 17.7 Å². The van der Waals surface area contributed by atoms with Crippen LogP contribution >= 0.6 is 0 Å². The molecule has 1 atom stereocenters. The molecule has 206 valence electrons. The first kappa shape index (κ1) is 28.1. The van der Waals surface area contributed by atoms with Crippen LogP contribution in [0.2, 0.25) is 0 Å². The number of ether oxygens (including phenoxy) is 2. The number of hydrogen-bond acceptors (Lipinski definition) is 6. The Morgan fingerprint density at radius 2 is 1.79 bits per heavy atom. The highest BCUT2D eigenvalue weighted by atomic mass is 16.6. The lowest BCUT2D eigenvalue weighted by atomic mass is 10.0. The van der Waals surface area contributed by atoms with Crippen molar-refractivity contribution in [3.8, 4) is 16.9 Å². The summed E-state index contributed by atoms with van der Waals surface area (Å²) in [6.45, 7) is 12.5. The lowest BCUT2D eigenvalue weighted by molar-refractivity contribution is 0.000551. The summed E-state index contributed by atoms with van der Waals surface area (Å²) in [5.74, 6) is 0.525. The molecular weight excluding hydrogens is 492 g/mol. The van der Waals surface area contributed by atoms with E-state index >= 15 is 0 Å². The maximum atomic E-state index is 12.9. The first-order valence-electron chi connectivity index (χ1n) is 13.3. The molecule has 4 rings (SSSR count). The number of rotatable bonds is 6. The number of nitrogens with zero attached hydrogens (tertiary/aromatic N) is 3. The van der Waals surface area contributed by atoms with Gasteiger partial charge in [0.05, 0.1) is 7.11 Å². The van der Waals surface area contributed by atoms with Gasteiger partial charge in [-0.05, 0) is 81.6 Å². The van der Waals surface area contributed by atoms with Crippen LogP contribution in [-0.4, -0.2) is 65.2 Å². The number of hydrogen-bond donors (Lipinski definition) is 1. The Hall–Kier alpha value is -3.91. The quantitative estimate of drug-likeness (QED) is 0.436. The number of pyridine rings is 1. The molecule has 8 heteroatoms. The first-order chi connectivity index (χ1) is 18.5. The van der Waals surface area contributed by atoms with Gasteiger partial charge < -0.3 is 19.7 Å². The van der Waals surface area contributed by atoms with Gasteiger partial charge in [-0.1, -0.05) is 24.3 Å². The van der Waals surface area contributed by atoms with Crippen LogP contribution in [0.15, 0.2) is 60.8 Å². The zero-order valence-electron chi connectivity index (χ0n) is 23.7. The molecule has 1 fully saturated rings. The number of benzene rings is 2. The van der Waals surface area contributed by atoms with Gasteiger partial charge in [0.1, 0.15) is 17.0 Å². The van der Waals surface area contributed by atoms with E-state index in [2.05, 4.69) is 15.2 Å². The summed E-state index contributed by atoms with van der Waals surface area (Å²) in [5, 5.41) is 2.96. The van der Waals surface area contributed by atoms with E-state index in [1.807, 2.05) is 89.2 Å². The summed E-state index contributed by atoms with van der Waals surface area (Å²) < 4.78 is 10.9. The highest BCUT2D eigenvalue weighted by molar-refractivity contribution is 6.04. The van der Waals surface area contributed by atoms with Crippen LogP contribution in [-0.2, 0) is 11.3 Å². The third kappa shape index (κ3) is 7.35. The number of amides is 2. The lowest BCUT2D eigenvalue weighted by Crippen LogP contribution is -2.54. The average molecular weight is 531 g/mol. The summed E-state index contributed by atoms with van der Waals surface area (Å²) >= 11 is 0. The summed E-state index contributed by atoms with van der Waals surface area (Å²) in [5.41, 5.74) is 4.45. The summed E-state index contributed by atoms with van der Waals surface area (Å²) in [4.78, 5) is 34.0. The fourth-order valence-corrected chi connectivity index (χ4v) is 4.68. The van der Waals surface area contributed by atoms with Crippen molar-refractivity contribution < 1.29 is 19.1 Å². The van der Waals surface area contributed by atoms with Crippen molar-refractivity contribution in [3.05, 3.63) is 77.6 Å². The molecule has 2 heterocycles. The molecule has 39 heavy (non-hydrogen) atoms. The topological polar surface area (TPSA) is 84.0 Å². The molecule has 0 saturated carbocycles. The normalized spacial score (nSPS) is 16.1. The Morgan fingerprint density at radius 3 is 2.44 bits per heavy atom. The largest absolute Gasteiger partial charge is 0.497 e. The fourth-order valence-electron chi connectivity index (χ4n) is 4.68. The maximum absolute atomic E-state index is 12.9. The molecule has 1 N–H and O–H groups in total. The Kier molecular flexibility index (Phi) is 8.55. The van der Waals surface area contributed by atoms with Crippen LogP contribution < -0.4 is 10.1 Å². The van der Waals surface area contributed by atoms with Gasteiger partial charge in [0, 0.05) is 49.7 Å². The molecule has 8 nitrogen and oxygen atoms in total. The molecule has 1 aliphatic heterocycles. The van der Waals surface area contributed by atoms with E-state index < -0.39 is 5.60 Å². The van der Waals surface area contributed by atoms with Gasteiger partial charge in [0.25, 0.3) is 5.91 Å². The van der Waals surface area contributed by atoms with Gasteiger partial charge in [-0.25, -0.2) is 4.79 Å². The Labute approximate surface area is 230 Å². The van der Waals surface area contributed by atoms with E-state index in [0.29, 0.717) is 17.9 Å². The molecule has 0 aliphatic carbocycles. The fraction of sp³-hybridized carbons (Fsp3) is 0.387. The molecule has 0 radical (unpaired) electrons. The van der Waals surface area contributed by atoms with Crippen molar-refractivity contribution in [2.45, 2.75) is 52.8 Å². The lowest BCUT2D eigenvalue weighted by Gasteiger charge is -2.40. The minimum atomic E-state index is -0.500. The number of piperazine rings is 1. The molecule has 1 aromatic heterocycles. The van der Waals surface area contributed by atoms with Crippen LogP contribution in [0.1, 0.15) is 49.3 Å². The van der Waals surface area contributed by atoms with Crippen molar-refractivity contribution in [1.29, 1.82) is 0 Å². The molecule has 0 bridgehead atoms. The van der Waals surface area contributed by atoms with Crippen molar-refractivity contribution in [1.82, 2.24) is 14.8 Å². The zero-order chi connectivity index (χ0) is 28.2. The van der Waals surface area contributed by atoms with Gasteiger partial charge in [-0.3, -0.25) is 14.7 Å². The molecule has 0 unspecified atom stereocenters. The Bertz CT molecular complexity index is 1320. The third-order valence-corrected chi connectivity index (χ3v) is 6.65. The van der Waals surface area contributed by atoms with Crippen molar-refractivity contribution in [2.75, 3.05) is 32.1 Å². The second kappa shape index (κ2) is 11.9. The number of aryl methyl sites for hydroxylation is 1. The van der Waals surface area contributed by atoms with Gasteiger partial charge >= 0.3 is 6.09 Å². The average Bonchev–Trinajstić information content (AvgIpc) is 2.88. The van der Waals surface area contributed by atoms with E-state index in [9.17, 15) is 9.59 Å². The zero-order valence-corrected chi connectivity index (χ0v) is 23.7. The minimum Gasteiger partial charge on any atom is -0.497 e. The van der Waals surface area contributed by atoms with E-state index in [1.165, 1.54) is 0 Å². The smallest absolute Gasteiger partial charge is 0.410 e. The minimum absolute atomic E-state index is 0.0678. The number of carbonyl (C=O) groups is 2. The predicted octanol–water partition coefficient (Wildman–Crippen LogP) is 5.76. The van der Waals surface area contributed by atoms with Crippen molar-refractivity contribution in [3.63, 3.8) is 0 Å². The van der Waals surface area contributed by atoms with Crippen LogP contribution in [0.25, 0.3) is 11.1 Å². The highest BCUT2D eigenvalue weighted by Crippen LogP contribution is 2.25. The molecule has 3 aromatic rings. The number of carbonyl (C=O) groups excluding carboxylic acids is 2. The number of aromatic nitrogens is 1. The van der Waals surface area contributed by atoms with E-state index in [0.717, 1.165) is 47.6 Å². The molecule has 1 saturated heterocycles. The SMILES string of the molecule is COc1cccc(-c2cnc(C(=O)Nc3ccc(CN4CCN(C(=O)OC(C)(C)C)[C@@H](C)C4)cc3)c(C)c2)c1. The molecular formula is C31H38N4O4. The maximum Gasteiger partial charge on any atom is 0.410 e. The summed E-state index contributed by atoms with van der Waals surface area (Å²) in [7, 11) is 1.64. The number of anilines is 1. The molecule has 0 spiro atoms. The molecule has 1 aliphatic rings. The van der Waals surface area contributed by atoms with Gasteiger partial charge in [-0.15, -0.1) is 0 Å². The van der Waals surface area contributed by atoms with E-state index in [4.69, 9.17) is 9.47 Å². The molecule has 2 aromatic carbocycles. The highest BCUT2D eigenvalue weighted by Gasteiger charge is 2.30. The predicted molar refractivity (Wildman–Crippen MR) is 153 cm³/mol. The van der Waals surface area contributed by atoms with E-state index in [1.54, 1.807) is 18.2 Å². The van der Waals surface area contributed by atoms with Crippen LogP contribution in [0, 0.1) is 6.92 Å². The second-order valence-corrected chi connectivity index (χ2v) is 11.0.